The van der Waals surface area contributed by atoms with Gasteiger partial charge in [0.25, 0.3) is 0 Å². The summed E-state index contributed by atoms with van der Waals surface area (Å²) in [5, 5.41) is 5.31. The molecule has 0 spiro atoms. The summed E-state index contributed by atoms with van der Waals surface area (Å²) >= 11 is 0. The Morgan fingerprint density at radius 2 is 1.94 bits per heavy atom. The van der Waals surface area contributed by atoms with Crippen LogP contribution in [-0.2, 0) is 14.6 Å². The fraction of sp³-hybridized carbons (Fsp3) is 0.917. The lowest BCUT2D eigenvalue weighted by Crippen LogP contribution is -2.44. The number of carbonyl (C=O) groups is 1. The van der Waals surface area contributed by atoms with Gasteiger partial charge >= 0.3 is 0 Å². The second-order valence-electron chi connectivity index (χ2n) is 5.10. The highest BCUT2D eigenvalue weighted by molar-refractivity contribution is 7.92. The zero-order valence-electron chi connectivity index (χ0n) is 11.4. The van der Waals surface area contributed by atoms with Gasteiger partial charge in [0, 0.05) is 12.1 Å². The average Bonchev–Trinajstić information content (AvgIpc) is 3.07. The highest BCUT2D eigenvalue weighted by atomic mass is 32.2. The summed E-state index contributed by atoms with van der Waals surface area (Å²) in [7, 11) is -3.38. The molecule has 0 aromatic heterocycles. The van der Waals surface area contributed by atoms with E-state index in [2.05, 4.69) is 10.6 Å². The van der Waals surface area contributed by atoms with Crippen LogP contribution in [0, 0.1) is 0 Å². The number of amides is 1. The Morgan fingerprint density at radius 3 is 2.44 bits per heavy atom. The summed E-state index contributed by atoms with van der Waals surface area (Å²) < 4.78 is 24.1. The van der Waals surface area contributed by atoms with Crippen molar-refractivity contribution in [3.05, 3.63) is 0 Å². The quantitative estimate of drug-likeness (QED) is 0.675. The standard InChI is InChI=1S/C12H24N2O3S/c1-4-7-13-9(2)10(3)18(16,17)8-12(15)14-11-5-6-11/h9-11,13H,4-8H2,1-3H3,(H,14,15). The molecule has 1 rings (SSSR count). The van der Waals surface area contributed by atoms with Gasteiger partial charge in [-0.3, -0.25) is 4.79 Å². The van der Waals surface area contributed by atoms with Crippen LogP contribution in [0.4, 0.5) is 0 Å². The van der Waals surface area contributed by atoms with Crippen molar-refractivity contribution in [2.45, 2.75) is 57.4 Å². The van der Waals surface area contributed by atoms with Crippen molar-refractivity contribution in [1.82, 2.24) is 10.6 Å². The van der Waals surface area contributed by atoms with Crippen molar-refractivity contribution in [2.24, 2.45) is 0 Å². The van der Waals surface area contributed by atoms with Gasteiger partial charge in [0.2, 0.25) is 5.91 Å². The minimum atomic E-state index is -3.38. The van der Waals surface area contributed by atoms with Crippen LogP contribution in [0.1, 0.15) is 40.0 Å². The third-order valence-electron chi connectivity index (χ3n) is 3.26. The Bertz CT molecular complexity index is 377. The highest BCUT2D eigenvalue weighted by Crippen LogP contribution is 2.18. The van der Waals surface area contributed by atoms with Crippen molar-refractivity contribution < 1.29 is 13.2 Å². The number of sulfone groups is 1. The summed E-state index contributed by atoms with van der Waals surface area (Å²) in [5.74, 6) is -0.768. The maximum absolute atomic E-state index is 12.0. The lowest BCUT2D eigenvalue weighted by molar-refractivity contribution is -0.118. The summed E-state index contributed by atoms with van der Waals surface area (Å²) in [6.45, 7) is 6.32. The first-order chi connectivity index (χ1) is 8.36. The molecule has 106 valence electrons. The maximum Gasteiger partial charge on any atom is 0.235 e. The molecule has 1 saturated carbocycles. The van der Waals surface area contributed by atoms with Gasteiger partial charge in [-0.2, -0.15) is 0 Å². The minimum absolute atomic E-state index is 0.135. The SMILES string of the molecule is CCCNC(C)C(C)S(=O)(=O)CC(=O)NC1CC1. The molecule has 5 nitrogen and oxygen atoms in total. The topological polar surface area (TPSA) is 75.3 Å². The molecule has 2 unspecified atom stereocenters. The first-order valence-electron chi connectivity index (χ1n) is 6.61. The molecule has 0 aromatic carbocycles. The van der Waals surface area contributed by atoms with E-state index in [0.29, 0.717) is 0 Å². The summed E-state index contributed by atoms with van der Waals surface area (Å²) in [5.41, 5.74) is 0. The molecule has 1 fully saturated rings. The summed E-state index contributed by atoms with van der Waals surface area (Å²) in [6, 6.07) is 0.0716. The third kappa shape index (κ3) is 4.94. The number of hydrogen-bond acceptors (Lipinski definition) is 4. The highest BCUT2D eigenvalue weighted by Gasteiger charge is 2.30. The van der Waals surface area contributed by atoms with Crippen LogP contribution in [0.25, 0.3) is 0 Å². The Hall–Kier alpha value is -0.620. The fourth-order valence-corrected chi connectivity index (χ4v) is 3.09. The predicted molar refractivity (Wildman–Crippen MR) is 72.2 cm³/mol. The van der Waals surface area contributed by atoms with E-state index >= 15 is 0 Å². The molecule has 1 aliphatic carbocycles. The molecule has 0 aromatic rings. The van der Waals surface area contributed by atoms with Crippen molar-refractivity contribution in [3.8, 4) is 0 Å². The molecule has 0 heterocycles. The normalized spacial score (nSPS) is 19.3. The Kier molecular flexibility index (Phi) is 5.59. The monoisotopic (exact) mass is 276 g/mol. The van der Waals surface area contributed by atoms with Gasteiger partial charge in [0.15, 0.2) is 9.84 Å². The van der Waals surface area contributed by atoms with E-state index in [1.165, 1.54) is 0 Å². The molecule has 2 atom stereocenters. The molecule has 18 heavy (non-hydrogen) atoms. The molecule has 0 bridgehead atoms. The van der Waals surface area contributed by atoms with E-state index in [0.717, 1.165) is 25.8 Å². The van der Waals surface area contributed by atoms with Crippen molar-refractivity contribution in [1.29, 1.82) is 0 Å². The van der Waals surface area contributed by atoms with E-state index in [4.69, 9.17) is 0 Å². The Morgan fingerprint density at radius 1 is 1.33 bits per heavy atom. The fourth-order valence-electron chi connectivity index (χ4n) is 1.66. The van der Waals surface area contributed by atoms with Crippen LogP contribution in [0.2, 0.25) is 0 Å². The van der Waals surface area contributed by atoms with Crippen molar-refractivity contribution in [2.75, 3.05) is 12.3 Å². The summed E-state index contributed by atoms with van der Waals surface area (Å²) in [4.78, 5) is 11.5. The van der Waals surface area contributed by atoms with E-state index in [-0.39, 0.29) is 18.0 Å². The van der Waals surface area contributed by atoms with E-state index < -0.39 is 20.8 Å². The minimum Gasteiger partial charge on any atom is -0.352 e. The van der Waals surface area contributed by atoms with Gasteiger partial charge in [-0.25, -0.2) is 8.42 Å². The molecule has 0 saturated heterocycles. The van der Waals surface area contributed by atoms with Crippen molar-refractivity contribution in [3.63, 3.8) is 0 Å². The smallest absolute Gasteiger partial charge is 0.235 e. The van der Waals surface area contributed by atoms with Crippen LogP contribution in [0.5, 0.6) is 0 Å². The van der Waals surface area contributed by atoms with Gasteiger partial charge in [-0.1, -0.05) is 6.92 Å². The molecule has 6 heteroatoms. The van der Waals surface area contributed by atoms with Crippen LogP contribution in [0.3, 0.4) is 0 Å². The zero-order valence-corrected chi connectivity index (χ0v) is 12.2. The van der Waals surface area contributed by atoms with Gasteiger partial charge in [-0.15, -0.1) is 0 Å². The van der Waals surface area contributed by atoms with Gasteiger partial charge < -0.3 is 10.6 Å². The molecular weight excluding hydrogens is 252 g/mol. The maximum atomic E-state index is 12.0. The predicted octanol–water partition coefficient (Wildman–Crippen LogP) is 0.456. The van der Waals surface area contributed by atoms with Crippen LogP contribution in [-0.4, -0.2) is 44.0 Å². The zero-order chi connectivity index (χ0) is 13.8. The Balaban J connectivity index is 2.46. The van der Waals surface area contributed by atoms with E-state index in [1.54, 1.807) is 6.92 Å². The van der Waals surface area contributed by atoms with Crippen LogP contribution in [0.15, 0.2) is 0 Å². The van der Waals surface area contributed by atoms with Gasteiger partial charge in [-0.05, 0) is 39.7 Å². The molecule has 0 aliphatic heterocycles. The van der Waals surface area contributed by atoms with E-state index in [1.807, 2.05) is 13.8 Å². The van der Waals surface area contributed by atoms with Crippen LogP contribution >= 0.6 is 0 Å². The van der Waals surface area contributed by atoms with Gasteiger partial charge in [0.05, 0.1) is 5.25 Å². The number of hydrogen-bond donors (Lipinski definition) is 2. The van der Waals surface area contributed by atoms with E-state index in [9.17, 15) is 13.2 Å². The number of nitrogens with one attached hydrogen (secondary N) is 2. The average molecular weight is 276 g/mol. The molecule has 0 radical (unpaired) electrons. The first kappa shape index (κ1) is 15.4. The number of rotatable bonds is 8. The van der Waals surface area contributed by atoms with Gasteiger partial charge in [0.1, 0.15) is 5.75 Å². The van der Waals surface area contributed by atoms with Crippen molar-refractivity contribution >= 4 is 15.7 Å². The summed E-state index contributed by atoms with van der Waals surface area (Å²) in [6.07, 6.45) is 2.89. The first-order valence-corrected chi connectivity index (χ1v) is 8.32. The third-order valence-corrected chi connectivity index (χ3v) is 5.47. The second kappa shape index (κ2) is 6.52. The molecule has 1 amide bonds. The molecule has 1 aliphatic rings. The largest absolute Gasteiger partial charge is 0.352 e. The lowest BCUT2D eigenvalue weighted by Gasteiger charge is -2.21. The molecule has 2 N–H and O–H groups in total. The van der Waals surface area contributed by atoms with Crippen LogP contribution < -0.4 is 10.6 Å². The Labute approximate surface area is 110 Å². The number of carbonyl (C=O) groups excluding carboxylic acids is 1. The molecular formula is C12H24N2O3S. The lowest BCUT2D eigenvalue weighted by atomic mass is 10.2. The second-order valence-corrected chi connectivity index (χ2v) is 7.45.